The summed E-state index contributed by atoms with van der Waals surface area (Å²) in [6.45, 7) is 6.51. The second kappa shape index (κ2) is 9.64. The number of anilines is 2. The summed E-state index contributed by atoms with van der Waals surface area (Å²) >= 11 is 0. The molecule has 1 unspecified atom stereocenters. The SMILES string of the molecule is CCCN(c1ccc(CC)cc1)S(=O)(=O)c1ccc2c(c1)S(=N)(=O)CN2CC1CCOCC1. The van der Waals surface area contributed by atoms with Gasteiger partial charge < -0.3 is 9.64 Å². The van der Waals surface area contributed by atoms with Crippen LogP contribution in [0.4, 0.5) is 11.4 Å². The van der Waals surface area contributed by atoms with Crippen LogP contribution in [-0.2, 0) is 30.9 Å². The smallest absolute Gasteiger partial charge is 0.264 e. The topological polar surface area (TPSA) is 90.8 Å². The number of hydrogen-bond donors (Lipinski definition) is 1. The van der Waals surface area contributed by atoms with Gasteiger partial charge in [-0.25, -0.2) is 17.4 Å². The normalized spacial score (nSPS) is 21.2. The third-order valence-electron chi connectivity index (χ3n) is 6.43. The van der Waals surface area contributed by atoms with Crippen LogP contribution in [0.2, 0.25) is 0 Å². The minimum Gasteiger partial charge on any atom is -0.381 e. The molecule has 1 N–H and O–H groups in total. The van der Waals surface area contributed by atoms with E-state index >= 15 is 0 Å². The van der Waals surface area contributed by atoms with Gasteiger partial charge in [0.1, 0.15) is 5.88 Å². The van der Waals surface area contributed by atoms with Crippen molar-refractivity contribution in [2.24, 2.45) is 5.92 Å². The monoisotopic (exact) mass is 491 g/mol. The van der Waals surface area contributed by atoms with Crippen molar-refractivity contribution < 1.29 is 17.4 Å². The fourth-order valence-electron chi connectivity index (χ4n) is 4.55. The fourth-order valence-corrected chi connectivity index (χ4v) is 7.88. The van der Waals surface area contributed by atoms with Crippen molar-refractivity contribution in [1.29, 1.82) is 4.78 Å². The number of rotatable bonds is 8. The maximum absolute atomic E-state index is 13.6. The number of fused-ring (bicyclic) bond motifs is 1. The fraction of sp³-hybridized carbons (Fsp3) is 0.500. The third-order valence-corrected chi connectivity index (χ3v) is 9.97. The Morgan fingerprint density at radius 3 is 2.45 bits per heavy atom. The highest BCUT2D eigenvalue weighted by Crippen LogP contribution is 2.38. The van der Waals surface area contributed by atoms with E-state index in [0.29, 0.717) is 36.0 Å². The molecule has 180 valence electrons. The third kappa shape index (κ3) is 4.90. The van der Waals surface area contributed by atoms with Gasteiger partial charge in [-0.3, -0.25) is 4.31 Å². The second-order valence-electron chi connectivity index (χ2n) is 8.81. The Balaban J connectivity index is 1.67. The van der Waals surface area contributed by atoms with Crippen LogP contribution in [0.25, 0.3) is 0 Å². The maximum atomic E-state index is 13.6. The lowest BCUT2D eigenvalue weighted by atomic mass is 10.00. The van der Waals surface area contributed by atoms with Crippen molar-refractivity contribution in [2.75, 3.05) is 41.4 Å². The summed E-state index contributed by atoms with van der Waals surface area (Å²) in [6.07, 6.45) is 3.43. The van der Waals surface area contributed by atoms with E-state index in [1.54, 1.807) is 12.1 Å². The van der Waals surface area contributed by atoms with E-state index in [2.05, 4.69) is 6.92 Å². The predicted octanol–water partition coefficient (Wildman–Crippen LogP) is 4.46. The largest absolute Gasteiger partial charge is 0.381 e. The average molecular weight is 492 g/mol. The molecule has 0 amide bonds. The van der Waals surface area contributed by atoms with E-state index in [-0.39, 0.29) is 10.8 Å². The molecule has 4 rings (SSSR count). The molecule has 1 atom stereocenters. The van der Waals surface area contributed by atoms with Gasteiger partial charge in [0.15, 0.2) is 0 Å². The van der Waals surface area contributed by atoms with Crippen molar-refractivity contribution in [2.45, 2.75) is 49.3 Å². The van der Waals surface area contributed by atoms with Crippen molar-refractivity contribution in [1.82, 2.24) is 0 Å². The molecule has 33 heavy (non-hydrogen) atoms. The van der Waals surface area contributed by atoms with E-state index in [0.717, 1.165) is 43.7 Å². The molecule has 2 aliphatic rings. The van der Waals surface area contributed by atoms with E-state index in [9.17, 15) is 12.6 Å². The Bertz CT molecular complexity index is 1190. The first-order chi connectivity index (χ1) is 15.8. The molecule has 0 radical (unpaired) electrons. The van der Waals surface area contributed by atoms with Crippen LogP contribution in [0.15, 0.2) is 52.3 Å². The van der Waals surface area contributed by atoms with Gasteiger partial charge >= 0.3 is 0 Å². The average Bonchev–Trinajstić information content (AvgIpc) is 3.07. The molecule has 2 aliphatic heterocycles. The van der Waals surface area contributed by atoms with Crippen LogP contribution in [-0.4, -0.2) is 44.8 Å². The van der Waals surface area contributed by atoms with E-state index in [1.807, 2.05) is 36.1 Å². The van der Waals surface area contributed by atoms with E-state index in [4.69, 9.17) is 9.52 Å². The molecule has 0 spiro atoms. The number of benzene rings is 2. The van der Waals surface area contributed by atoms with Crippen LogP contribution in [0.3, 0.4) is 0 Å². The van der Waals surface area contributed by atoms with Gasteiger partial charge in [-0.2, -0.15) is 0 Å². The molecule has 1 saturated heterocycles. The molecule has 0 saturated carbocycles. The van der Waals surface area contributed by atoms with Crippen LogP contribution in [0.5, 0.6) is 0 Å². The summed E-state index contributed by atoms with van der Waals surface area (Å²) in [7, 11) is -6.95. The maximum Gasteiger partial charge on any atom is 0.264 e. The summed E-state index contributed by atoms with van der Waals surface area (Å²) in [5, 5.41) is 0. The van der Waals surface area contributed by atoms with Crippen LogP contribution in [0.1, 0.15) is 38.7 Å². The van der Waals surface area contributed by atoms with Gasteiger partial charge in [0, 0.05) is 26.3 Å². The zero-order valence-corrected chi connectivity index (χ0v) is 21.0. The van der Waals surface area contributed by atoms with Crippen molar-refractivity contribution in [3.8, 4) is 0 Å². The van der Waals surface area contributed by atoms with Gasteiger partial charge in [0.25, 0.3) is 10.0 Å². The molecule has 1 fully saturated rings. The quantitative estimate of drug-likeness (QED) is 0.589. The molecule has 2 aromatic carbocycles. The van der Waals surface area contributed by atoms with Crippen molar-refractivity contribution in [3.05, 3.63) is 48.0 Å². The lowest BCUT2D eigenvalue weighted by Gasteiger charge is -2.28. The Morgan fingerprint density at radius 2 is 1.82 bits per heavy atom. The zero-order chi connectivity index (χ0) is 23.6. The number of nitrogens with zero attached hydrogens (tertiary/aromatic N) is 2. The summed E-state index contributed by atoms with van der Waals surface area (Å²) < 4.78 is 55.7. The van der Waals surface area contributed by atoms with Crippen molar-refractivity contribution in [3.63, 3.8) is 0 Å². The van der Waals surface area contributed by atoms with Gasteiger partial charge in [-0.05, 0) is 67.5 Å². The zero-order valence-electron chi connectivity index (χ0n) is 19.3. The Hall–Kier alpha value is -2.10. The van der Waals surface area contributed by atoms with Crippen LogP contribution < -0.4 is 9.21 Å². The molecule has 2 aromatic rings. The highest BCUT2D eigenvalue weighted by molar-refractivity contribution is 7.93. The minimum atomic E-state index is -3.86. The lowest BCUT2D eigenvalue weighted by Crippen LogP contribution is -2.32. The molecular weight excluding hydrogens is 458 g/mol. The number of nitrogens with one attached hydrogen (secondary N) is 1. The molecular formula is C24H33N3O4S2. The summed E-state index contributed by atoms with van der Waals surface area (Å²) in [5.41, 5.74) is 2.47. The number of ether oxygens (including phenoxy) is 1. The van der Waals surface area contributed by atoms with Crippen molar-refractivity contribution >= 4 is 31.1 Å². The number of aryl methyl sites for hydroxylation is 1. The second-order valence-corrected chi connectivity index (χ2v) is 12.7. The highest BCUT2D eigenvalue weighted by atomic mass is 32.2. The summed E-state index contributed by atoms with van der Waals surface area (Å²) in [6, 6.07) is 12.3. The van der Waals surface area contributed by atoms with Crippen LogP contribution >= 0.6 is 0 Å². The highest BCUT2D eigenvalue weighted by Gasteiger charge is 2.34. The minimum absolute atomic E-state index is 0.0853. The number of hydrogen-bond acceptors (Lipinski definition) is 6. The number of sulfonamides is 1. The Labute approximate surface area is 197 Å². The molecule has 0 aromatic heterocycles. The predicted molar refractivity (Wildman–Crippen MR) is 132 cm³/mol. The molecule has 7 nitrogen and oxygen atoms in total. The summed E-state index contributed by atoms with van der Waals surface area (Å²) in [4.78, 5) is 2.40. The first kappa shape index (κ1) is 24.0. The van der Waals surface area contributed by atoms with Gasteiger partial charge in [-0.1, -0.05) is 26.0 Å². The van der Waals surface area contributed by atoms with E-state index in [1.165, 1.54) is 10.4 Å². The summed E-state index contributed by atoms with van der Waals surface area (Å²) in [5.74, 6) is 0.537. The first-order valence-electron chi connectivity index (χ1n) is 11.6. The van der Waals surface area contributed by atoms with Gasteiger partial charge in [0.2, 0.25) is 0 Å². The van der Waals surface area contributed by atoms with Gasteiger partial charge in [0.05, 0.1) is 30.9 Å². The molecule has 0 bridgehead atoms. The van der Waals surface area contributed by atoms with Gasteiger partial charge in [-0.15, -0.1) is 0 Å². The molecule has 2 heterocycles. The Morgan fingerprint density at radius 1 is 1.12 bits per heavy atom. The first-order valence-corrected chi connectivity index (χ1v) is 14.8. The standard InChI is InChI=1S/C24H33N3O4S2/c1-3-13-27(21-7-5-19(4-2)6-8-21)33(29,30)22-9-10-23-24(16-22)32(25,28)18-26(23)17-20-11-14-31-15-12-20/h5-10,16,20,25H,3-4,11-15,17-18H2,1-2H3. The van der Waals surface area contributed by atoms with Crippen LogP contribution in [0, 0.1) is 10.7 Å². The molecule has 9 heteroatoms. The Kier molecular flexibility index (Phi) is 7.02. The lowest BCUT2D eigenvalue weighted by molar-refractivity contribution is 0.0684. The molecule has 0 aliphatic carbocycles. The van der Waals surface area contributed by atoms with E-state index < -0.39 is 19.8 Å².